The molecule has 19 heavy (non-hydrogen) atoms. The van der Waals surface area contributed by atoms with Crippen LogP contribution in [0.1, 0.15) is 0 Å². The normalized spacial score (nSPS) is 10.5. The highest BCUT2D eigenvalue weighted by molar-refractivity contribution is 6.33. The Bertz CT molecular complexity index is 647. The van der Waals surface area contributed by atoms with Gasteiger partial charge in [0.2, 0.25) is 0 Å². The summed E-state index contributed by atoms with van der Waals surface area (Å²) >= 11 is 11.3. The minimum atomic E-state index is -0.849. The molecule has 0 aliphatic heterocycles. The van der Waals surface area contributed by atoms with Crippen molar-refractivity contribution in [3.8, 4) is 0 Å². The Kier molecular flexibility index (Phi) is 3.68. The van der Waals surface area contributed by atoms with Gasteiger partial charge < -0.3 is 16.8 Å². The Hall–Kier alpha value is -1.72. The van der Waals surface area contributed by atoms with Crippen LogP contribution in [0.3, 0.4) is 0 Å². The maximum Gasteiger partial charge on any atom is 0.169 e. The molecule has 2 aromatic rings. The first-order chi connectivity index (χ1) is 8.91. The van der Waals surface area contributed by atoms with Crippen LogP contribution in [-0.2, 0) is 0 Å². The molecule has 0 heterocycles. The fourth-order valence-corrected chi connectivity index (χ4v) is 1.85. The van der Waals surface area contributed by atoms with E-state index in [1.807, 2.05) is 0 Å². The number of benzene rings is 2. The first-order valence-corrected chi connectivity index (χ1v) is 5.91. The van der Waals surface area contributed by atoms with E-state index in [4.69, 9.17) is 34.7 Å². The second-order valence-electron chi connectivity index (χ2n) is 3.78. The van der Waals surface area contributed by atoms with Crippen LogP contribution in [0, 0.1) is 11.6 Å². The number of nitrogens with one attached hydrogen (secondary N) is 1. The number of hydrogen-bond donors (Lipinski definition) is 3. The van der Waals surface area contributed by atoms with Crippen molar-refractivity contribution in [3.05, 3.63) is 45.9 Å². The minimum absolute atomic E-state index is 0.00813. The highest BCUT2D eigenvalue weighted by Crippen LogP contribution is 2.36. The molecule has 0 amide bonds. The molecule has 0 aliphatic rings. The SMILES string of the molecule is Nc1cc(N)c(Nc2cccc(Cl)c2F)c(F)c1Cl. The molecule has 0 saturated heterocycles. The number of hydrogen-bond acceptors (Lipinski definition) is 3. The van der Waals surface area contributed by atoms with Gasteiger partial charge in [-0.05, 0) is 18.2 Å². The first-order valence-electron chi connectivity index (χ1n) is 5.15. The van der Waals surface area contributed by atoms with E-state index in [0.717, 1.165) is 0 Å². The molecular weight excluding hydrogens is 295 g/mol. The number of nitrogens with two attached hydrogens (primary N) is 2. The molecule has 0 spiro atoms. The highest BCUT2D eigenvalue weighted by atomic mass is 35.5. The van der Waals surface area contributed by atoms with E-state index in [0.29, 0.717) is 0 Å². The van der Waals surface area contributed by atoms with E-state index < -0.39 is 11.6 Å². The highest BCUT2D eigenvalue weighted by Gasteiger charge is 2.16. The smallest absolute Gasteiger partial charge is 0.169 e. The van der Waals surface area contributed by atoms with Gasteiger partial charge in [0.05, 0.1) is 27.8 Å². The second-order valence-corrected chi connectivity index (χ2v) is 4.57. The Morgan fingerprint density at radius 2 is 1.68 bits per heavy atom. The van der Waals surface area contributed by atoms with Crippen LogP contribution in [0.5, 0.6) is 0 Å². The zero-order chi connectivity index (χ0) is 14.2. The standard InChI is InChI=1S/C12H9Cl2F2N3/c13-5-2-1-3-8(10(5)15)19-12-7(18)4-6(17)9(14)11(12)16/h1-4,19H,17-18H2. The third-order valence-corrected chi connectivity index (χ3v) is 3.15. The lowest BCUT2D eigenvalue weighted by molar-refractivity contribution is 0.626. The number of rotatable bonds is 2. The Balaban J connectivity index is 2.50. The van der Waals surface area contributed by atoms with Crippen LogP contribution in [0.15, 0.2) is 24.3 Å². The number of halogens is 4. The maximum absolute atomic E-state index is 13.9. The Morgan fingerprint density at radius 1 is 1.00 bits per heavy atom. The van der Waals surface area contributed by atoms with Crippen molar-refractivity contribution >= 4 is 46.0 Å². The largest absolute Gasteiger partial charge is 0.397 e. The van der Waals surface area contributed by atoms with Gasteiger partial charge in [-0.3, -0.25) is 0 Å². The van der Waals surface area contributed by atoms with Gasteiger partial charge in [-0.15, -0.1) is 0 Å². The fourth-order valence-electron chi connectivity index (χ4n) is 1.53. The molecule has 0 bridgehead atoms. The number of nitrogen functional groups attached to an aromatic ring is 2. The van der Waals surface area contributed by atoms with Crippen LogP contribution < -0.4 is 16.8 Å². The van der Waals surface area contributed by atoms with Gasteiger partial charge in [-0.1, -0.05) is 29.3 Å². The molecule has 0 saturated carbocycles. The molecule has 0 aromatic heterocycles. The molecule has 0 atom stereocenters. The quantitative estimate of drug-likeness (QED) is 0.729. The summed E-state index contributed by atoms with van der Waals surface area (Å²) in [4.78, 5) is 0. The van der Waals surface area contributed by atoms with Gasteiger partial charge in [0.25, 0.3) is 0 Å². The van der Waals surface area contributed by atoms with Gasteiger partial charge in [-0.25, -0.2) is 8.78 Å². The topological polar surface area (TPSA) is 64.1 Å². The summed E-state index contributed by atoms with van der Waals surface area (Å²) in [6.07, 6.45) is 0. The van der Waals surface area contributed by atoms with Gasteiger partial charge >= 0.3 is 0 Å². The summed E-state index contributed by atoms with van der Waals surface area (Å²) in [6, 6.07) is 5.57. The van der Waals surface area contributed by atoms with E-state index in [2.05, 4.69) is 5.32 Å². The van der Waals surface area contributed by atoms with Crippen molar-refractivity contribution in [1.82, 2.24) is 0 Å². The molecule has 100 valence electrons. The minimum Gasteiger partial charge on any atom is -0.397 e. The van der Waals surface area contributed by atoms with E-state index in [1.165, 1.54) is 24.3 Å². The Labute approximate surface area is 118 Å². The lowest BCUT2D eigenvalue weighted by atomic mass is 10.2. The monoisotopic (exact) mass is 303 g/mol. The molecule has 0 aliphatic carbocycles. The van der Waals surface area contributed by atoms with E-state index in [-0.39, 0.29) is 32.8 Å². The van der Waals surface area contributed by atoms with E-state index in [9.17, 15) is 8.78 Å². The van der Waals surface area contributed by atoms with E-state index in [1.54, 1.807) is 0 Å². The van der Waals surface area contributed by atoms with Gasteiger partial charge in [0, 0.05) is 0 Å². The van der Waals surface area contributed by atoms with E-state index >= 15 is 0 Å². The average molecular weight is 304 g/mol. The number of anilines is 4. The van der Waals surface area contributed by atoms with Gasteiger partial charge in [0.15, 0.2) is 11.6 Å². The molecular formula is C12H9Cl2F2N3. The zero-order valence-electron chi connectivity index (χ0n) is 9.48. The van der Waals surface area contributed by atoms with Crippen LogP contribution in [0.2, 0.25) is 10.0 Å². The maximum atomic E-state index is 13.9. The third-order valence-electron chi connectivity index (χ3n) is 2.48. The predicted molar refractivity (Wildman–Crippen MR) is 74.9 cm³/mol. The molecule has 2 aromatic carbocycles. The Morgan fingerprint density at radius 3 is 2.37 bits per heavy atom. The summed E-state index contributed by atoms with van der Waals surface area (Å²) in [7, 11) is 0. The van der Waals surface area contributed by atoms with Crippen molar-refractivity contribution in [2.45, 2.75) is 0 Å². The van der Waals surface area contributed by atoms with Crippen LogP contribution >= 0.6 is 23.2 Å². The third kappa shape index (κ3) is 2.52. The summed E-state index contributed by atoms with van der Waals surface area (Å²) in [5, 5.41) is 2.15. The fraction of sp³-hybridized carbons (Fsp3) is 0. The van der Waals surface area contributed by atoms with Gasteiger partial charge in [-0.2, -0.15) is 0 Å². The van der Waals surface area contributed by atoms with Crippen LogP contribution in [0.4, 0.5) is 31.5 Å². The molecule has 7 heteroatoms. The summed E-state index contributed by atoms with van der Waals surface area (Å²) in [5.41, 5.74) is 10.9. The van der Waals surface area contributed by atoms with Crippen molar-refractivity contribution in [1.29, 1.82) is 0 Å². The summed E-state index contributed by atoms with van der Waals surface area (Å²) < 4.78 is 27.6. The molecule has 0 unspecified atom stereocenters. The molecule has 2 rings (SSSR count). The molecule has 0 radical (unpaired) electrons. The summed E-state index contributed by atoms with van der Waals surface area (Å²) in [6.45, 7) is 0. The molecule has 0 fully saturated rings. The van der Waals surface area contributed by atoms with Crippen molar-refractivity contribution in [2.75, 3.05) is 16.8 Å². The van der Waals surface area contributed by atoms with Crippen molar-refractivity contribution in [2.24, 2.45) is 0 Å². The van der Waals surface area contributed by atoms with Crippen molar-refractivity contribution in [3.63, 3.8) is 0 Å². The van der Waals surface area contributed by atoms with Crippen LogP contribution in [-0.4, -0.2) is 0 Å². The second kappa shape index (κ2) is 5.11. The lowest BCUT2D eigenvalue weighted by Gasteiger charge is -2.13. The zero-order valence-corrected chi connectivity index (χ0v) is 11.0. The summed E-state index contributed by atoms with van der Waals surface area (Å²) in [5.74, 6) is -1.56. The molecule has 3 nitrogen and oxygen atoms in total. The van der Waals surface area contributed by atoms with Crippen LogP contribution in [0.25, 0.3) is 0 Å². The molecule has 5 N–H and O–H groups in total. The predicted octanol–water partition coefficient (Wildman–Crippen LogP) is 4.18. The lowest BCUT2D eigenvalue weighted by Crippen LogP contribution is -2.03. The average Bonchev–Trinajstić information content (AvgIpc) is 2.37. The van der Waals surface area contributed by atoms with Crippen molar-refractivity contribution < 1.29 is 8.78 Å². The van der Waals surface area contributed by atoms with Gasteiger partial charge in [0.1, 0.15) is 5.02 Å². The first kappa shape index (κ1) is 13.7.